The number of carbonyl (C=O) groups is 2. The average molecular weight is 412 g/mol. The molecule has 30 heavy (non-hydrogen) atoms. The molecule has 7 heteroatoms. The van der Waals surface area contributed by atoms with Crippen molar-refractivity contribution in [3.8, 4) is 17.2 Å². The van der Waals surface area contributed by atoms with Crippen LogP contribution in [-0.2, 0) is 4.79 Å². The van der Waals surface area contributed by atoms with Crippen LogP contribution in [0.1, 0.15) is 42.7 Å². The van der Waals surface area contributed by atoms with Gasteiger partial charge in [0.2, 0.25) is 5.91 Å². The van der Waals surface area contributed by atoms with Gasteiger partial charge < -0.3 is 24.8 Å². The highest BCUT2D eigenvalue weighted by molar-refractivity contribution is 5.96. The standard InChI is InChI=1S/C23H28N2O5/c1-4-28-18-8-5-16(6-9-18)23(27)24-14-21(26)25-22(15(2)3)17-7-10-19-20(13-17)30-12-11-29-19/h5-10,13,15,22H,4,11-12,14H2,1-3H3,(H,24,27)(H,25,26)/t22-/m1/s1. The van der Waals surface area contributed by atoms with Gasteiger partial charge in [-0.05, 0) is 54.8 Å². The molecule has 1 heterocycles. The van der Waals surface area contributed by atoms with Gasteiger partial charge in [0.15, 0.2) is 11.5 Å². The lowest BCUT2D eigenvalue weighted by Gasteiger charge is -2.25. The van der Waals surface area contributed by atoms with E-state index >= 15 is 0 Å². The van der Waals surface area contributed by atoms with E-state index in [4.69, 9.17) is 14.2 Å². The summed E-state index contributed by atoms with van der Waals surface area (Å²) in [6, 6.07) is 12.3. The van der Waals surface area contributed by atoms with E-state index in [1.165, 1.54) is 0 Å². The molecule has 1 aliphatic rings. The number of hydrogen-bond donors (Lipinski definition) is 2. The zero-order valence-electron chi connectivity index (χ0n) is 17.6. The van der Waals surface area contributed by atoms with Crippen LogP contribution in [0.4, 0.5) is 0 Å². The quantitative estimate of drug-likeness (QED) is 0.696. The normalized spacial score (nSPS) is 13.5. The second kappa shape index (κ2) is 10.0. The molecule has 3 rings (SSSR count). The third kappa shape index (κ3) is 5.43. The lowest BCUT2D eigenvalue weighted by Crippen LogP contribution is -2.40. The molecule has 2 aromatic carbocycles. The van der Waals surface area contributed by atoms with Gasteiger partial charge in [0.25, 0.3) is 5.91 Å². The fourth-order valence-electron chi connectivity index (χ4n) is 3.24. The first kappa shape index (κ1) is 21.5. The smallest absolute Gasteiger partial charge is 0.251 e. The highest BCUT2D eigenvalue weighted by Crippen LogP contribution is 2.34. The fraction of sp³-hybridized carbons (Fsp3) is 0.391. The van der Waals surface area contributed by atoms with Crippen molar-refractivity contribution in [2.45, 2.75) is 26.8 Å². The Balaban J connectivity index is 1.58. The largest absolute Gasteiger partial charge is 0.494 e. The first-order valence-electron chi connectivity index (χ1n) is 10.2. The summed E-state index contributed by atoms with van der Waals surface area (Å²) in [5.41, 5.74) is 1.40. The Kier molecular flexibility index (Phi) is 7.17. The number of amides is 2. The van der Waals surface area contributed by atoms with Crippen LogP contribution in [0, 0.1) is 5.92 Å². The topological polar surface area (TPSA) is 85.9 Å². The predicted octanol–water partition coefficient (Wildman–Crippen LogP) is 3.10. The number of nitrogens with one attached hydrogen (secondary N) is 2. The molecule has 1 aliphatic heterocycles. The number of fused-ring (bicyclic) bond motifs is 1. The minimum absolute atomic E-state index is 0.111. The Labute approximate surface area is 176 Å². The summed E-state index contributed by atoms with van der Waals surface area (Å²) in [6.07, 6.45) is 0. The highest BCUT2D eigenvalue weighted by atomic mass is 16.6. The van der Waals surface area contributed by atoms with Gasteiger partial charge in [-0.1, -0.05) is 19.9 Å². The minimum atomic E-state index is -0.311. The van der Waals surface area contributed by atoms with Gasteiger partial charge in [-0.25, -0.2) is 0 Å². The van der Waals surface area contributed by atoms with Crippen molar-refractivity contribution < 1.29 is 23.8 Å². The molecular formula is C23H28N2O5. The monoisotopic (exact) mass is 412 g/mol. The number of benzene rings is 2. The van der Waals surface area contributed by atoms with Crippen LogP contribution in [0.3, 0.4) is 0 Å². The van der Waals surface area contributed by atoms with E-state index in [0.29, 0.717) is 42.6 Å². The molecule has 2 amide bonds. The first-order valence-corrected chi connectivity index (χ1v) is 10.2. The predicted molar refractivity (Wildman–Crippen MR) is 113 cm³/mol. The summed E-state index contributed by atoms with van der Waals surface area (Å²) in [6.45, 7) is 7.44. The molecule has 1 atom stereocenters. The van der Waals surface area contributed by atoms with E-state index in [-0.39, 0.29) is 30.3 Å². The van der Waals surface area contributed by atoms with Crippen LogP contribution in [0.15, 0.2) is 42.5 Å². The van der Waals surface area contributed by atoms with Crippen LogP contribution >= 0.6 is 0 Å². The summed E-state index contributed by atoms with van der Waals surface area (Å²) < 4.78 is 16.6. The molecule has 0 radical (unpaired) electrons. The van der Waals surface area contributed by atoms with Crippen molar-refractivity contribution >= 4 is 11.8 Å². The van der Waals surface area contributed by atoms with Crippen molar-refractivity contribution in [2.24, 2.45) is 5.92 Å². The maximum atomic E-state index is 12.5. The summed E-state index contributed by atoms with van der Waals surface area (Å²) >= 11 is 0. The minimum Gasteiger partial charge on any atom is -0.494 e. The SMILES string of the molecule is CCOc1ccc(C(=O)NCC(=O)N[C@@H](c2ccc3c(c2)OCCO3)C(C)C)cc1. The molecule has 0 aromatic heterocycles. The van der Waals surface area contributed by atoms with Crippen LogP contribution in [0.5, 0.6) is 17.2 Å². The Morgan fingerprint density at radius 3 is 2.40 bits per heavy atom. The van der Waals surface area contributed by atoms with Gasteiger partial charge in [-0.2, -0.15) is 0 Å². The summed E-state index contributed by atoms with van der Waals surface area (Å²) in [5.74, 6) is 1.67. The third-order valence-corrected chi connectivity index (χ3v) is 4.75. The van der Waals surface area contributed by atoms with Crippen molar-refractivity contribution in [2.75, 3.05) is 26.4 Å². The van der Waals surface area contributed by atoms with Crippen LogP contribution in [-0.4, -0.2) is 38.2 Å². The molecule has 0 saturated carbocycles. The summed E-state index contributed by atoms with van der Waals surface area (Å²) in [5, 5.41) is 5.66. The molecule has 0 aliphatic carbocycles. The Bertz CT molecular complexity index is 880. The van der Waals surface area contributed by atoms with E-state index in [2.05, 4.69) is 10.6 Å². The summed E-state index contributed by atoms with van der Waals surface area (Å²) in [7, 11) is 0. The Morgan fingerprint density at radius 2 is 1.73 bits per heavy atom. The fourth-order valence-corrected chi connectivity index (χ4v) is 3.24. The molecule has 0 fully saturated rings. The average Bonchev–Trinajstić information content (AvgIpc) is 2.76. The zero-order chi connectivity index (χ0) is 21.5. The van der Waals surface area contributed by atoms with Gasteiger partial charge in [-0.15, -0.1) is 0 Å². The van der Waals surface area contributed by atoms with Crippen molar-refractivity contribution in [3.63, 3.8) is 0 Å². The summed E-state index contributed by atoms with van der Waals surface area (Å²) in [4.78, 5) is 24.8. The van der Waals surface area contributed by atoms with E-state index in [1.807, 2.05) is 39.0 Å². The first-order chi connectivity index (χ1) is 14.5. The molecule has 0 bridgehead atoms. The van der Waals surface area contributed by atoms with Crippen LogP contribution in [0.25, 0.3) is 0 Å². The van der Waals surface area contributed by atoms with Gasteiger partial charge in [0, 0.05) is 5.56 Å². The maximum absolute atomic E-state index is 12.5. The molecular weight excluding hydrogens is 384 g/mol. The van der Waals surface area contributed by atoms with E-state index in [9.17, 15) is 9.59 Å². The van der Waals surface area contributed by atoms with Gasteiger partial charge in [0.1, 0.15) is 19.0 Å². The van der Waals surface area contributed by atoms with Crippen molar-refractivity contribution in [3.05, 3.63) is 53.6 Å². The van der Waals surface area contributed by atoms with E-state index in [1.54, 1.807) is 24.3 Å². The van der Waals surface area contributed by atoms with Crippen molar-refractivity contribution in [1.82, 2.24) is 10.6 Å². The molecule has 0 saturated heterocycles. The molecule has 2 aromatic rings. The second-order valence-electron chi connectivity index (χ2n) is 7.33. The maximum Gasteiger partial charge on any atom is 0.251 e. The molecule has 2 N–H and O–H groups in total. The van der Waals surface area contributed by atoms with Crippen LogP contribution in [0.2, 0.25) is 0 Å². The molecule has 160 valence electrons. The molecule has 7 nitrogen and oxygen atoms in total. The van der Waals surface area contributed by atoms with Gasteiger partial charge >= 0.3 is 0 Å². The molecule has 0 spiro atoms. The van der Waals surface area contributed by atoms with Gasteiger partial charge in [0.05, 0.1) is 19.2 Å². The van der Waals surface area contributed by atoms with E-state index < -0.39 is 0 Å². The number of rotatable bonds is 8. The lowest BCUT2D eigenvalue weighted by molar-refractivity contribution is -0.121. The lowest BCUT2D eigenvalue weighted by atomic mass is 9.95. The zero-order valence-corrected chi connectivity index (χ0v) is 17.6. The van der Waals surface area contributed by atoms with E-state index in [0.717, 1.165) is 5.56 Å². The molecule has 0 unspecified atom stereocenters. The highest BCUT2D eigenvalue weighted by Gasteiger charge is 2.21. The number of hydrogen-bond acceptors (Lipinski definition) is 5. The Morgan fingerprint density at radius 1 is 1.03 bits per heavy atom. The third-order valence-electron chi connectivity index (χ3n) is 4.75. The Hall–Kier alpha value is -3.22. The second-order valence-corrected chi connectivity index (χ2v) is 7.33. The van der Waals surface area contributed by atoms with Crippen molar-refractivity contribution in [1.29, 1.82) is 0 Å². The van der Waals surface area contributed by atoms with Gasteiger partial charge in [-0.3, -0.25) is 9.59 Å². The number of carbonyl (C=O) groups excluding carboxylic acids is 2. The van der Waals surface area contributed by atoms with Crippen LogP contribution < -0.4 is 24.8 Å². The number of ether oxygens (including phenoxy) is 3.